The number of amides is 1. The fraction of sp³-hybridized carbons (Fsp3) is 0.231. The van der Waals surface area contributed by atoms with E-state index in [-0.39, 0.29) is 37.4 Å². The SMILES string of the molecule is O=C(O)N1CCO[C@@H](Cc2c(-c3c(F)cc(SCc4ccccc4)cc3F)nc3cc(Cl)ccn23)C1. The number of nitrogens with zero attached hydrogens (tertiary/aromatic N) is 3. The Balaban J connectivity index is 1.50. The average molecular weight is 530 g/mol. The Bertz CT molecular complexity index is 1390. The number of carbonyl (C=O) groups is 1. The minimum atomic E-state index is -1.03. The van der Waals surface area contributed by atoms with E-state index in [4.69, 9.17) is 16.3 Å². The van der Waals surface area contributed by atoms with Gasteiger partial charge in [0.2, 0.25) is 0 Å². The van der Waals surface area contributed by atoms with Crippen LogP contribution in [0.1, 0.15) is 11.3 Å². The highest BCUT2D eigenvalue weighted by molar-refractivity contribution is 7.98. The van der Waals surface area contributed by atoms with Gasteiger partial charge in [-0.1, -0.05) is 41.9 Å². The molecule has 10 heteroatoms. The summed E-state index contributed by atoms with van der Waals surface area (Å²) in [6.07, 6.45) is 0.372. The number of halogens is 3. The molecule has 6 nitrogen and oxygen atoms in total. The van der Waals surface area contributed by atoms with Crippen molar-refractivity contribution < 1.29 is 23.4 Å². The van der Waals surface area contributed by atoms with Gasteiger partial charge in [0, 0.05) is 40.9 Å². The van der Waals surface area contributed by atoms with Gasteiger partial charge in [0.1, 0.15) is 17.3 Å². The molecule has 186 valence electrons. The molecule has 36 heavy (non-hydrogen) atoms. The van der Waals surface area contributed by atoms with Crippen molar-refractivity contribution in [3.05, 3.63) is 88.7 Å². The van der Waals surface area contributed by atoms with Gasteiger partial charge in [-0.15, -0.1) is 11.8 Å². The smallest absolute Gasteiger partial charge is 0.407 e. The summed E-state index contributed by atoms with van der Waals surface area (Å²) in [6, 6.07) is 15.6. The third kappa shape index (κ3) is 5.18. The number of hydrogen-bond acceptors (Lipinski definition) is 4. The Morgan fingerprint density at radius 1 is 1.17 bits per heavy atom. The summed E-state index contributed by atoms with van der Waals surface area (Å²) in [7, 11) is 0. The summed E-state index contributed by atoms with van der Waals surface area (Å²) < 4.78 is 38.3. The van der Waals surface area contributed by atoms with E-state index >= 15 is 8.78 Å². The number of hydrogen-bond donors (Lipinski definition) is 1. The number of carboxylic acid groups (broad SMARTS) is 1. The molecular weight excluding hydrogens is 508 g/mol. The van der Waals surface area contributed by atoms with Crippen LogP contribution in [0, 0.1) is 11.6 Å². The lowest BCUT2D eigenvalue weighted by molar-refractivity contribution is -0.0214. The molecule has 2 aromatic carbocycles. The van der Waals surface area contributed by atoms with Gasteiger partial charge >= 0.3 is 6.09 Å². The maximum absolute atomic E-state index is 15.4. The molecule has 3 heterocycles. The number of morpholine rings is 1. The number of imidazole rings is 1. The molecule has 1 aliphatic heterocycles. The van der Waals surface area contributed by atoms with E-state index in [1.165, 1.54) is 28.8 Å². The lowest BCUT2D eigenvalue weighted by atomic mass is 10.0. The molecule has 0 unspecified atom stereocenters. The molecule has 1 saturated heterocycles. The van der Waals surface area contributed by atoms with E-state index in [1.54, 1.807) is 22.7 Å². The molecule has 1 fully saturated rings. The van der Waals surface area contributed by atoms with E-state index in [2.05, 4.69) is 4.98 Å². The Kier molecular flexibility index (Phi) is 7.13. The predicted molar refractivity (Wildman–Crippen MR) is 135 cm³/mol. The molecule has 1 aliphatic rings. The zero-order chi connectivity index (χ0) is 25.2. The Morgan fingerprint density at radius 3 is 2.64 bits per heavy atom. The van der Waals surface area contributed by atoms with E-state index in [9.17, 15) is 9.90 Å². The van der Waals surface area contributed by atoms with E-state index in [0.29, 0.717) is 27.0 Å². The summed E-state index contributed by atoms with van der Waals surface area (Å²) in [4.78, 5) is 17.7. The van der Waals surface area contributed by atoms with Crippen LogP contribution in [0.4, 0.5) is 13.6 Å². The number of fused-ring (bicyclic) bond motifs is 1. The normalized spacial score (nSPS) is 16.0. The molecule has 4 aromatic rings. The maximum atomic E-state index is 15.4. The summed E-state index contributed by atoms with van der Waals surface area (Å²) in [5.41, 5.74) is 1.90. The van der Waals surface area contributed by atoms with Crippen LogP contribution in [0.2, 0.25) is 5.02 Å². The van der Waals surface area contributed by atoms with Crippen molar-refractivity contribution in [2.45, 2.75) is 23.2 Å². The second kappa shape index (κ2) is 10.5. The summed E-state index contributed by atoms with van der Waals surface area (Å²) >= 11 is 7.48. The van der Waals surface area contributed by atoms with Gasteiger partial charge in [-0.3, -0.25) is 0 Å². The van der Waals surface area contributed by atoms with E-state index < -0.39 is 23.8 Å². The highest BCUT2D eigenvalue weighted by atomic mass is 35.5. The highest BCUT2D eigenvalue weighted by Gasteiger charge is 2.28. The van der Waals surface area contributed by atoms with Gasteiger partial charge in [-0.2, -0.15) is 0 Å². The molecule has 0 aliphatic carbocycles. The van der Waals surface area contributed by atoms with Crippen LogP contribution in [0.15, 0.2) is 65.7 Å². The monoisotopic (exact) mass is 529 g/mol. The first kappa shape index (κ1) is 24.5. The fourth-order valence-corrected chi connectivity index (χ4v) is 5.35. The third-order valence-corrected chi connectivity index (χ3v) is 7.30. The predicted octanol–water partition coefficient (Wildman–Crippen LogP) is 6.15. The first-order valence-electron chi connectivity index (χ1n) is 11.3. The molecule has 0 bridgehead atoms. The minimum Gasteiger partial charge on any atom is -0.465 e. The van der Waals surface area contributed by atoms with Crippen molar-refractivity contribution in [3.63, 3.8) is 0 Å². The van der Waals surface area contributed by atoms with Crippen LogP contribution in [-0.2, 0) is 16.9 Å². The van der Waals surface area contributed by atoms with Gasteiger partial charge in [-0.25, -0.2) is 18.6 Å². The zero-order valence-corrected chi connectivity index (χ0v) is 20.6. The number of thioether (sulfide) groups is 1. The molecule has 5 rings (SSSR count). The molecule has 1 N–H and O–H groups in total. The van der Waals surface area contributed by atoms with Crippen molar-refractivity contribution in [3.8, 4) is 11.3 Å². The molecule has 0 saturated carbocycles. The summed E-state index contributed by atoms with van der Waals surface area (Å²) in [5.74, 6) is -0.868. The van der Waals surface area contributed by atoms with E-state index in [0.717, 1.165) is 5.56 Å². The van der Waals surface area contributed by atoms with Gasteiger partial charge in [0.15, 0.2) is 0 Å². The molecule has 0 spiro atoms. The quantitative estimate of drug-likeness (QED) is 0.304. The second-order valence-electron chi connectivity index (χ2n) is 8.44. The number of pyridine rings is 1. The van der Waals surface area contributed by atoms with Gasteiger partial charge in [-0.05, 0) is 23.8 Å². The summed E-state index contributed by atoms with van der Waals surface area (Å²) in [6.45, 7) is 0.660. The summed E-state index contributed by atoms with van der Waals surface area (Å²) in [5, 5.41) is 9.80. The topological polar surface area (TPSA) is 67.1 Å². The maximum Gasteiger partial charge on any atom is 0.407 e. The number of ether oxygens (including phenoxy) is 1. The zero-order valence-electron chi connectivity index (χ0n) is 19.0. The second-order valence-corrected chi connectivity index (χ2v) is 9.93. The van der Waals surface area contributed by atoms with Crippen LogP contribution < -0.4 is 0 Å². The first-order valence-corrected chi connectivity index (χ1v) is 12.7. The van der Waals surface area contributed by atoms with Crippen molar-refractivity contribution >= 4 is 35.1 Å². The fourth-order valence-electron chi connectivity index (χ4n) is 4.30. The van der Waals surface area contributed by atoms with E-state index in [1.807, 2.05) is 30.3 Å². The number of aromatic nitrogens is 2. The number of benzene rings is 2. The van der Waals surface area contributed by atoms with Crippen molar-refractivity contribution in [1.29, 1.82) is 0 Å². The standard InChI is InChI=1S/C26H22ClF2N3O3S/c27-17-6-7-32-22(11-18-14-31(26(33)34)8-9-35-18)25(30-23(32)10-17)24-20(28)12-19(13-21(24)29)36-15-16-4-2-1-3-5-16/h1-7,10,12-13,18H,8-9,11,14-15H2,(H,33,34)/t18-/m0/s1. The van der Waals surface area contributed by atoms with Crippen molar-refractivity contribution in [2.24, 2.45) is 0 Å². The lowest BCUT2D eigenvalue weighted by Gasteiger charge is -2.31. The largest absolute Gasteiger partial charge is 0.465 e. The van der Waals surface area contributed by atoms with Crippen LogP contribution in [0.25, 0.3) is 16.9 Å². The molecule has 0 radical (unpaired) electrons. The Morgan fingerprint density at radius 2 is 1.92 bits per heavy atom. The Labute approximate surface area is 215 Å². The van der Waals surface area contributed by atoms with Crippen LogP contribution in [0.3, 0.4) is 0 Å². The van der Waals surface area contributed by atoms with Gasteiger partial charge < -0.3 is 19.1 Å². The van der Waals surface area contributed by atoms with Crippen LogP contribution in [-0.4, -0.2) is 51.3 Å². The molecular formula is C26H22ClF2N3O3S. The van der Waals surface area contributed by atoms with Crippen LogP contribution >= 0.6 is 23.4 Å². The molecule has 2 aromatic heterocycles. The molecule has 1 amide bonds. The third-order valence-electron chi connectivity index (χ3n) is 6.02. The van der Waals surface area contributed by atoms with Gasteiger partial charge in [0.05, 0.1) is 36.2 Å². The highest BCUT2D eigenvalue weighted by Crippen LogP contribution is 2.35. The van der Waals surface area contributed by atoms with Crippen molar-refractivity contribution in [1.82, 2.24) is 14.3 Å². The lowest BCUT2D eigenvalue weighted by Crippen LogP contribution is -2.45. The average Bonchev–Trinajstić information content (AvgIpc) is 3.19. The Hall–Kier alpha value is -3.14. The van der Waals surface area contributed by atoms with Crippen LogP contribution in [0.5, 0.6) is 0 Å². The van der Waals surface area contributed by atoms with Crippen molar-refractivity contribution in [2.75, 3.05) is 19.7 Å². The molecule has 1 atom stereocenters. The minimum absolute atomic E-state index is 0.142. The van der Waals surface area contributed by atoms with Gasteiger partial charge in [0.25, 0.3) is 0 Å². The number of rotatable bonds is 6. The first-order chi connectivity index (χ1) is 17.4.